The molecule has 0 aliphatic rings. The zero-order valence-corrected chi connectivity index (χ0v) is 46.2. The van der Waals surface area contributed by atoms with Crippen molar-refractivity contribution in [2.45, 2.75) is 271 Å². The summed E-state index contributed by atoms with van der Waals surface area (Å²) in [5, 5.41) is 0. The number of allylic oxidation sites excluding steroid dienone is 18. The van der Waals surface area contributed by atoms with Crippen molar-refractivity contribution in [1.29, 1.82) is 0 Å². The van der Waals surface area contributed by atoms with Gasteiger partial charge in [0.05, 0.1) is 0 Å². The predicted octanol–water partition coefficient (Wildman–Crippen LogP) is 19.9. The van der Waals surface area contributed by atoms with Gasteiger partial charge in [-0.05, 0) is 128 Å². The summed E-state index contributed by atoms with van der Waals surface area (Å²) in [6.45, 7) is 6.44. The van der Waals surface area contributed by atoms with E-state index >= 15 is 0 Å². The van der Waals surface area contributed by atoms with Crippen molar-refractivity contribution in [3.05, 3.63) is 109 Å². The van der Waals surface area contributed by atoms with E-state index in [4.69, 9.17) is 14.2 Å². The van der Waals surface area contributed by atoms with Crippen LogP contribution in [-0.4, -0.2) is 37.2 Å². The first-order valence-electron chi connectivity index (χ1n) is 29.4. The Labute approximate surface area is 438 Å². The van der Waals surface area contributed by atoms with Crippen LogP contribution in [0.25, 0.3) is 0 Å². The van der Waals surface area contributed by atoms with Crippen LogP contribution < -0.4 is 0 Å². The van der Waals surface area contributed by atoms with Crippen molar-refractivity contribution >= 4 is 17.9 Å². The molecule has 0 aliphatic heterocycles. The van der Waals surface area contributed by atoms with Crippen molar-refractivity contribution in [2.24, 2.45) is 0 Å². The summed E-state index contributed by atoms with van der Waals surface area (Å²) in [6, 6.07) is 0. The molecule has 0 amide bonds. The molecule has 0 aromatic carbocycles. The van der Waals surface area contributed by atoms with Crippen LogP contribution in [0, 0.1) is 0 Å². The summed E-state index contributed by atoms with van der Waals surface area (Å²) in [4.78, 5) is 38.2. The van der Waals surface area contributed by atoms with Gasteiger partial charge in [0.25, 0.3) is 0 Å². The minimum Gasteiger partial charge on any atom is -0.462 e. The van der Waals surface area contributed by atoms with Crippen molar-refractivity contribution in [3.8, 4) is 0 Å². The molecule has 404 valence electrons. The van der Waals surface area contributed by atoms with Crippen LogP contribution in [0.4, 0.5) is 0 Å². The maximum absolute atomic E-state index is 12.9. The molecule has 0 aliphatic carbocycles. The number of rotatable bonds is 52. The van der Waals surface area contributed by atoms with E-state index in [0.29, 0.717) is 19.3 Å². The lowest BCUT2D eigenvalue weighted by atomic mass is 10.1. The highest BCUT2D eigenvalue weighted by Gasteiger charge is 2.19. The SMILES string of the molecule is CC/C=C/C/C=C/C/C=C/CCCCCCCC(=O)OC[C@H](COC(=O)CCCCC/C=C/C/C=C/C/C=C/C/C=C/CCCCC)OC(=O)CCCCCCCCCCC/C=C/C/C=C/CCCCC. The number of unbranched alkanes of at least 4 members (excludes halogenated alkanes) is 23. The second-order valence-electron chi connectivity index (χ2n) is 19.2. The molecule has 0 spiro atoms. The van der Waals surface area contributed by atoms with Crippen LogP contribution in [0.2, 0.25) is 0 Å². The smallest absolute Gasteiger partial charge is 0.306 e. The maximum atomic E-state index is 12.9. The standard InChI is InChI=1S/C65H108O6/c1-4-7-10-13-16-19-22-25-28-30-32-34-37-40-43-46-49-52-55-58-64(67)70-61-62(60-69-63(66)57-54-51-48-45-42-39-36-27-24-21-18-15-12-9-6-3)71-65(68)59-56-53-50-47-44-41-38-35-33-31-29-26-23-20-17-14-11-8-5-2/h9,12,16-21,25-29,32,34,36,40,43,62H,4-8,10-11,13-15,22-24,30-31,33,35,37-39,41-42,44-61H2,1-3H3/b12-9+,19-16+,20-17+,21-18+,28-25+,29-26+,34-32+,36-27+,43-40+/t62-/m1/s1. The van der Waals surface area contributed by atoms with Gasteiger partial charge in [-0.3, -0.25) is 14.4 Å². The van der Waals surface area contributed by atoms with Gasteiger partial charge in [0.15, 0.2) is 6.10 Å². The lowest BCUT2D eigenvalue weighted by molar-refractivity contribution is -0.167. The van der Waals surface area contributed by atoms with E-state index in [0.717, 1.165) is 128 Å². The van der Waals surface area contributed by atoms with Gasteiger partial charge in [-0.2, -0.15) is 0 Å². The molecule has 0 fully saturated rings. The van der Waals surface area contributed by atoms with Crippen LogP contribution in [0.15, 0.2) is 109 Å². The fraction of sp³-hybridized carbons (Fsp3) is 0.677. The highest BCUT2D eigenvalue weighted by Crippen LogP contribution is 2.14. The van der Waals surface area contributed by atoms with Crippen LogP contribution in [0.5, 0.6) is 0 Å². The summed E-state index contributed by atoms with van der Waals surface area (Å²) >= 11 is 0. The molecular weight excluding hydrogens is 877 g/mol. The molecule has 0 saturated heterocycles. The number of esters is 3. The molecule has 6 nitrogen and oxygen atoms in total. The van der Waals surface area contributed by atoms with Crippen molar-refractivity contribution in [1.82, 2.24) is 0 Å². The molecule has 0 bridgehead atoms. The van der Waals surface area contributed by atoms with E-state index in [1.165, 1.54) is 96.3 Å². The van der Waals surface area contributed by atoms with Gasteiger partial charge in [-0.1, -0.05) is 226 Å². The summed E-state index contributed by atoms with van der Waals surface area (Å²) in [6.07, 6.45) is 79.3. The van der Waals surface area contributed by atoms with E-state index in [9.17, 15) is 14.4 Å². The number of hydrogen-bond donors (Lipinski definition) is 0. The molecular formula is C65H108O6. The molecule has 0 rings (SSSR count). The average molecular weight is 986 g/mol. The third kappa shape index (κ3) is 56.9. The first-order valence-corrected chi connectivity index (χ1v) is 29.4. The number of carbonyl (C=O) groups excluding carboxylic acids is 3. The van der Waals surface area contributed by atoms with Crippen molar-refractivity contribution in [2.75, 3.05) is 13.2 Å². The van der Waals surface area contributed by atoms with Gasteiger partial charge in [0.2, 0.25) is 0 Å². The van der Waals surface area contributed by atoms with Crippen LogP contribution in [0.3, 0.4) is 0 Å². The molecule has 0 aromatic heterocycles. The minimum atomic E-state index is -0.804. The van der Waals surface area contributed by atoms with E-state index in [-0.39, 0.29) is 31.1 Å². The van der Waals surface area contributed by atoms with Gasteiger partial charge in [0, 0.05) is 19.3 Å². The molecule has 6 heteroatoms. The second kappa shape index (κ2) is 58.6. The normalized spacial score (nSPS) is 12.9. The first kappa shape index (κ1) is 67.1. The van der Waals surface area contributed by atoms with E-state index < -0.39 is 6.10 Å². The Balaban J connectivity index is 4.48. The van der Waals surface area contributed by atoms with Crippen LogP contribution in [0.1, 0.15) is 265 Å². The summed E-state index contributed by atoms with van der Waals surface area (Å²) < 4.78 is 16.8. The van der Waals surface area contributed by atoms with Crippen molar-refractivity contribution < 1.29 is 28.6 Å². The molecule has 0 radical (unpaired) electrons. The fourth-order valence-corrected chi connectivity index (χ4v) is 7.82. The average Bonchev–Trinajstić information content (AvgIpc) is 3.37. The van der Waals surface area contributed by atoms with E-state index in [1.807, 2.05) is 0 Å². The van der Waals surface area contributed by atoms with Gasteiger partial charge in [-0.25, -0.2) is 0 Å². The molecule has 0 heterocycles. The third-order valence-corrected chi connectivity index (χ3v) is 12.2. The lowest BCUT2D eigenvalue weighted by Gasteiger charge is -2.18. The van der Waals surface area contributed by atoms with Gasteiger partial charge >= 0.3 is 17.9 Å². The highest BCUT2D eigenvalue weighted by molar-refractivity contribution is 5.71. The van der Waals surface area contributed by atoms with Crippen LogP contribution >= 0.6 is 0 Å². The minimum absolute atomic E-state index is 0.100. The van der Waals surface area contributed by atoms with Crippen molar-refractivity contribution in [3.63, 3.8) is 0 Å². The second-order valence-corrected chi connectivity index (χ2v) is 19.2. The summed E-state index contributed by atoms with van der Waals surface area (Å²) in [5.74, 6) is -0.950. The largest absolute Gasteiger partial charge is 0.462 e. The summed E-state index contributed by atoms with van der Waals surface area (Å²) in [5.41, 5.74) is 0. The number of ether oxygens (including phenoxy) is 3. The lowest BCUT2D eigenvalue weighted by Crippen LogP contribution is -2.30. The van der Waals surface area contributed by atoms with Gasteiger partial charge in [0.1, 0.15) is 13.2 Å². The van der Waals surface area contributed by atoms with Gasteiger partial charge < -0.3 is 14.2 Å². The zero-order chi connectivity index (χ0) is 51.4. The number of carbonyl (C=O) groups is 3. The fourth-order valence-electron chi connectivity index (χ4n) is 7.82. The predicted molar refractivity (Wildman–Crippen MR) is 307 cm³/mol. The molecule has 1 atom stereocenters. The Kier molecular flexibility index (Phi) is 55.4. The Morgan fingerprint density at radius 2 is 0.549 bits per heavy atom. The third-order valence-electron chi connectivity index (χ3n) is 12.2. The quantitative estimate of drug-likeness (QED) is 0.0261. The first-order chi connectivity index (χ1) is 35.0. The molecule has 0 N–H and O–H groups in total. The Bertz CT molecular complexity index is 1460. The maximum Gasteiger partial charge on any atom is 0.306 e. The van der Waals surface area contributed by atoms with E-state index in [1.54, 1.807) is 0 Å². The Morgan fingerprint density at radius 3 is 0.873 bits per heavy atom. The Hall–Kier alpha value is -3.93. The summed E-state index contributed by atoms with van der Waals surface area (Å²) in [7, 11) is 0. The molecule has 0 aromatic rings. The molecule has 0 saturated carbocycles. The molecule has 0 unspecified atom stereocenters. The topological polar surface area (TPSA) is 78.9 Å². The number of hydrogen-bond acceptors (Lipinski definition) is 6. The van der Waals surface area contributed by atoms with Crippen LogP contribution in [-0.2, 0) is 28.6 Å². The molecule has 71 heavy (non-hydrogen) atoms. The highest BCUT2D eigenvalue weighted by atomic mass is 16.6. The van der Waals surface area contributed by atoms with E-state index in [2.05, 4.69) is 130 Å². The zero-order valence-electron chi connectivity index (χ0n) is 46.2. The van der Waals surface area contributed by atoms with Gasteiger partial charge in [-0.15, -0.1) is 0 Å². The monoisotopic (exact) mass is 985 g/mol. The Morgan fingerprint density at radius 1 is 0.296 bits per heavy atom.